The van der Waals surface area contributed by atoms with Gasteiger partial charge < -0.3 is 24.6 Å². The van der Waals surface area contributed by atoms with E-state index in [1.807, 2.05) is 0 Å². The Hall–Kier alpha value is -0.0300. The van der Waals surface area contributed by atoms with Crippen LogP contribution in [0.2, 0.25) is 0 Å². The van der Waals surface area contributed by atoms with Gasteiger partial charge in [0.2, 0.25) is 0 Å². The molecule has 1 rings (SSSR count). The minimum absolute atomic E-state index is 0. The Morgan fingerprint density at radius 3 is 2.43 bits per heavy atom. The summed E-state index contributed by atoms with van der Waals surface area (Å²) in [6, 6.07) is 3.89. The van der Waals surface area contributed by atoms with Gasteiger partial charge in [0, 0.05) is 11.7 Å². The molecular weight excluding hydrogens is 218 g/mol. The van der Waals surface area contributed by atoms with Crippen molar-refractivity contribution >= 4 is 7.60 Å². The molecule has 0 amide bonds. The van der Waals surface area contributed by atoms with Crippen molar-refractivity contribution in [2.45, 2.75) is 6.16 Å². The van der Waals surface area contributed by atoms with Gasteiger partial charge in [0.1, 0.15) is 7.60 Å². The molecule has 0 aliphatic carbocycles. The van der Waals surface area contributed by atoms with Crippen LogP contribution in [0.5, 0.6) is 11.5 Å². The zero-order valence-electron chi connectivity index (χ0n) is 7.54. The Balaban J connectivity index is 0.00000169. The summed E-state index contributed by atoms with van der Waals surface area (Å²) in [6.45, 7) is 0. The van der Waals surface area contributed by atoms with Crippen molar-refractivity contribution in [1.29, 1.82) is 0 Å². The molecule has 3 N–H and O–H groups in total. The van der Waals surface area contributed by atoms with Crippen LogP contribution in [0.3, 0.4) is 0 Å². The number of benzene rings is 1. The van der Waals surface area contributed by atoms with Crippen molar-refractivity contribution in [3.63, 3.8) is 0 Å². The van der Waals surface area contributed by atoms with E-state index < -0.39 is 25.3 Å². The predicted octanol–water partition coefficient (Wildman–Crippen LogP) is -2.85. The van der Waals surface area contributed by atoms with Gasteiger partial charge in [-0.2, -0.15) is 0 Å². The summed E-state index contributed by atoms with van der Waals surface area (Å²) >= 11 is 0. The zero-order chi connectivity index (χ0) is 10.1. The number of hydrogen-bond acceptors (Lipinski definition) is 4. The molecular formula is C7H8NaO5P. The van der Waals surface area contributed by atoms with Gasteiger partial charge in [-0.25, -0.2) is 0 Å². The molecule has 0 radical (unpaired) electrons. The van der Waals surface area contributed by atoms with E-state index in [2.05, 4.69) is 0 Å². The van der Waals surface area contributed by atoms with E-state index >= 15 is 0 Å². The van der Waals surface area contributed by atoms with Gasteiger partial charge in [-0.3, -0.25) is 0 Å². The summed E-state index contributed by atoms with van der Waals surface area (Å²) in [6.07, 6.45) is -0.687. The van der Waals surface area contributed by atoms with E-state index in [0.29, 0.717) is 0 Å². The summed E-state index contributed by atoms with van der Waals surface area (Å²) in [4.78, 5) is 18.9. The molecule has 0 saturated carbocycles. The molecule has 0 aromatic heterocycles. The molecule has 5 nitrogen and oxygen atoms in total. The Labute approximate surface area is 103 Å². The first-order valence-corrected chi connectivity index (χ1v) is 5.19. The quantitative estimate of drug-likeness (QED) is 0.286. The average Bonchev–Trinajstić information content (AvgIpc) is 1.96. The number of hydrogen-bond donors (Lipinski definition) is 3. The van der Waals surface area contributed by atoms with Crippen molar-refractivity contribution in [3.8, 4) is 11.5 Å². The Morgan fingerprint density at radius 1 is 1.36 bits per heavy atom. The van der Waals surface area contributed by atoms with Crippen molar-refractivity contribution in [2.24, 2.45) is 0 Å². The third-order valence-corrected chi connectivity index (χ3v) is 2.21. The van der Waals surface area contributed by atoms with Gasteiger partial charge in [0.15, 0.2) is 11.5 Å². The summed E-state index contributed by atoms with van der Waals surface area (Å²) in [5.41, 5.74) is -0.0270. The largest absolute Gasteiger partial charge is 1.00 e. The molecule has 1 aromatic carbocycles. The first kappa shape index (κ1) is 14.0. The minimum Gasteiger partial charge on any atom is -0.778 e. The van der Waals surface area contributed by atoms with Gasteiger partial charge in [0.25, 0.3) is 0 Å². The van der Waals surface area contributed by atoms with Crippen LogP contribution in [-0.4, -0.2) is 15.1 Å². The number of phenolic OH excluding ortho intramolecular Hbond substituents is 2. The summed E-state index contributed by atoms with van der Waals surface area (Å²) < 4.78 is 10.5. The molecule has 0 aliphatic heterocycles. The second kappa shape index (κ2) is 5.16. The third-order valence-electron chi connectivity index (χ3n) is 1.47. The van der Waals surface area contributed by atoms with Crippen LogP contribution in [0, 0.1) is 0 Å². The maximum absolute atomic E-state index is 10.5. The van der Waals surface area contributed by atoms with Crippen LogP contribution in [0.25, 0.3) is 0 Å². The SMILES string of the molecule is O=P([O-])(O)Cc1cccc(O)c1O.[Na+]. The molecule has 0 aliphatic rings. The van der Waals surface area contributed by atoms with Crippen molar-refractivity contribution in [3.05, 3.63) is 23.8 Å². The second-order valence-electron chi connectivity index (χ2n) is 2.58. The molecule has 1 atom stereocenters. The van der Waals surface area contributed by atoms with Crippen molar-refractivity contribution in [1.82, 2.24) is 0 Å². The Kier molecular flexibility index (Phi) is 5.15. The van der Waals surface area contributed by atoms with Crippen molar-refractivity contribution < 1.29 is 54.1 Å². The number of phenols is 2. The standard InChI is InChI=1S/C7H9O5P.Na/c8-6-3-1-2-5(7(6)9)4-13(10,11)12;/h1-3,8-9H,4H2,(H2,10,11,12);/q;+1/p-1. The molecule has 72 valence electrons. The van der Waals surface area contributed by atoms with E-state index in [1.54, 1.807) is 0 Å². The summed E-state index contributed by atoms with van der Waals surface area (Å²) in [5, 5.41) is 18.1. The molecule has 0 heterocycles. The van der Waals surface area contributed by atoms with Crippen molar-refractivity contribution in [2.75, 3.05) is 0 Å². The van der Waals surface area contributed by atoms with E-state index in [0.717, 1.165) is 0 Å². The maximum Gasteiger partial charge on any atom is 1.00 e. The average molecular weight is 226 g/mol. The normalized spacial score (nSPS) is 14.1. The van der Waals surface area contributed by atoms with Crippen LogP contribution < -0.4 is 34.5 Å². The zero-order valence-corrected chi connectivity index (χ0v) is 10.4. The fraction of sp³-hybridized carbons (Fsp3) is 0.143. The van der Waals surface area contributed by atoms with E-state index in [9.17, 15) is 9.46 Å². The second-order valence-corrected chi connectivity index (χ2v) is 4.17. The molecule has 0 bridgehead atoms. The molecule has 0 fully saturated rings. The first-order valence-electron chi connectivity index (χ1n) is 3.43. The van der Waals surface area contributed by atoms with Crippen LogP contribution in [0.1, 0.15) is 5.56 Å². The van der Waals surface area contributed by atoms with Crippen LogP contribution in [0.15, 0.2) is 18.2 Å². The number of rotatable bonds is 2. The van der Waals surface area contributed by atoms with Gasteiger partial charge in [-0.05, 0) is 6.07 Å². The maximum atomic E-state index is 10.5. The molecule has 7 heteroatoms. The van der Waals surface area contributed by atoms with Gasteiger partial charge >= 0.3 is 29.6 Å². The fourth-order valence-corrected chi connectivity index (χ4v) is 1.61. The molecule has 14 heavy (non-hydrogen) atoms. The Bertz CT molecular complexity index is 361. The topological polar surface area (TPSA) is 101 Å². The minimum atomic E-state index is -4.46. The predicted molar refractivity (Wildman–Crippen MR) is 43.3 cm³/mol. The molecule has 0 spiro atoms. The van der Waals surface area contributed by atoms with E-state index in [-0.39, 0.29) is 35.1 Å². The summed E-state index contributed by atoms with van der Waals surface area (Å²) in [7, 11) is -4.46. The first-order chi connectivity index (χ1) is 5.90. The van der Waals surface area contributed by atoms with Crippen LogP contribution in [-0.2, 0) is 10.7 Å². The summed E-state index contributed by atoms with van der Waals surface area (Å²) in [5.74, 6) is -0.932. The monoisotopic (exact) mass is 226 g/mol. The fourth-order valence-electron chi connectivity index (χ4n) is 0.921. The smallest absolute Gasteiger partial charge is 0.778 e. The third kappa shape index (κ3) is 4.00. The van der Waals surface area contributed by atoms with Gasteiger partial charge in [0.05, 0.1) is 0 Å². The number of aromatic hydroxyl groups is 2. The van der Waals surface area contributed by atoms with Gasteiger partial charge in [-0.1, -0.05) is 12.1 Å². The van der Waals surface area contributed by atoms with Crippen LogP contribution in [0.4, 0.5) is 0 Å². The van der Waals surface area contributed by atoms with E-state index in [1.165, 1.54) is 18.2 Å². The van der Waals surface area contributed by atoms with Crippen LogP contribution >= 0.6 is 7.60 Å². The molecule has 1 aromatic rings. The number of para-hydroxylation sites is 1. The molecule has 0 saturated heterocycles. The Morgan fingerprint density at radius 2 is 1.93 bits per heavy atom. The van der Waals surface area contributed by atoms with Gasteiger partial charge in [-0.15, -0.1) is 0 Å². The van der Waals surface area contributed by atoms with E-state index in [4.69, 9.17) is 15.1 Å². The molecule has 1 unspecified atom stereocenters.